The summed E-state index contributed by atoms with van der Waals surface area (Å²) in [6.07, 6.45) is 2.28. The first-order chi connectivity index (χ1) is 9.15. The van der Waals surface area contributed by atoms with Crippen molar-refractivity contribution in [3.8, 4) is 0 Å². The summed E-state index contributed by atoms with van der Waals surface area (Å²) in [5, 5.41) is 8.76. The Kier molecular flexibility index (Phi) is 6.75. The molecule has 1 aromatic rings. The van der Waals surface area contributed by atoms with Gasteiger partial charge in [0.05, 0.1) is 0 Å². The van der Waals surface area contributed by atoms with Crippen LogP contribution in [0.15, 0.2) is 18.2 Å². The number of piperidine rings is 1. The molecule has 1 aromatic carbocycles. The number of benzene rings is 1. The summed E-state index contributed by atoms with van der Waals surface area (Å²) < 4.78 is 13.3. The molecule has 0 saturated carbocycles. The highest BCUT2D eigenvalue weighted by Gasteiger charge is 2.13. The minimum Gasteiger partial charge on any atom is -0.338 e. The van der Waals surface area contributed by atoms with Crippen molar-refractivity contribution in [3.05, 3.63) is 29.6 Å². The Bertz CT molecular complexity index is 450. The number of halogens is 2. The number of urea groups is 1. The minimum atomic E-state index is -0.311. The SMILES string of the molecule is Cc1ccc(NC(=O)NCC2CCCNC2)cc1F.Cl. The van der Waals surface area contributed by atoms with Crippen molar-refractivity contribution in [1.82, 2.24) is 10.6 Å². The first kappa shape index (κ1) is 16.7. The number of carbonyl (C=O) groups is 1. The van der Waals surface area contributed by atoms with Gasteiger partial charge in [-0.3, -0.25) is 0 Å². The Labute approximate surface area is 124 Å². The van der Waals surface area contributed by atoms with Gasteiger partial charge in [-0.1, -0.05) is 6.07 Å². The highest BCUT2D eigenvalue weighted by molar-refractivity contribution is 5.89. The Hall–Kier alpha value is -1.33. The predicted octanol–water partition coefficient (Wildman–Crippen LogP) is 2.68. The Morgan fingerprint density at radius 1 is 1.50 bits per heavy atom. The Morgan fingerprint density at radius 2 is 2.30 bits per heavy atom. The van der Waals surface area contributed by atoms with Crippen LogP contribution < -0.4 is 16.0 Å². The minimum absolute atomic E-state index is 0. The van der Waals surface area contributed by atoms with E-state index in [1.807, 2.05) is 0 Å². The molecule has 0 spiro atoms. The lowest BCUT2D eigenvalue weighted by molar-refractivity contribution is 0.248. The van der Waals surface area contributed by atoms with E-state index in [1.165, 1.54) is 6.07 Å². The third-order valence-electron chi connectivity index (χ3n) is 3.38. The van der Waals surface area contributed by atoms with Gasteiger partial charge in [0.15, 0.2) is 0 Å². The maximum absolute atomic E-state index is 13.3. The number of hydrogen-bond donors (Lipinski definition) is 3. The van der Waals surface area contributed by atoms with Crippen molar-refractivity contribution in [2.75, 3.05) is 25.0 Å². The van der Waals surface area contributed by atoms with Crippen LogP contribution in [-0.4, -0.2) is 25.7 Å². The van der Waals surface area contributed by atoms with Crippen molar-refractivity contribution >= 4 is 24.1 Å². The largest absolute Gasteiger partial charge is 0.338 e. The van der Waals surface area contributed by atoms with Gasteiger partial charge in [-0.25, -0.2) is 9.18 Å². The summed E-state index contributed by atoms with van der Waals surface area (Å²) in [5.74, 6) is 0.170. The number of hydrogen-bond acceptors (Lipinski definition) is 2. The van der Waals surface area contributed by atoms with Crippen molar-refractivity contribution in [2.24, 2.45) is 5.92 Å². The highest BCUT2D eigenvalue weighted by atomic mass is 35.5. The van der Waals surface area contributed by atoms with E-state index in [0.29, 0.717) is 23.7 Å². The van der Waals surface area contributed by atoms with Gasteiger partial charge in [-0.15, -0.1) is 12.4 Å². The zero-order valence-electron chi connectivity index (χ0n) is 11.5. The molecule has 20 heavy (non-hydrogen) atoms. The van der Waals surface area contributed by atoms with E-state index in [9.17, 15) is 9.18 Å². The van der Waals surface area contributed by atoms with Crippen molar-refractivity contribution in [2.45, 2.75) is 19.8 Å². The zero-order chi connectivity index (χ0) is 13.7. The lowest BCUT2D eigenvalue weighted by atomic mass is 10.00. The third kappa shape index (κ3) is 4.98. The molecule has 0 radical (unpaired) electrons. The molecule has 1 unspecified atom stereocenters. The van der Waals surface area contributed by atoms with Crippen LogP contribution in [-0.2, 0) is 0 Å². The quantitative estimate of drug-likeness (QED) is 0.804. The molecule has 1 saturated heterocycles. The van der Waals surface area contributed by atoms with E-state index in [0.717, 1.165) is 25.9 Å². The van der Waals surface area contributed by atoms with Gasteiger partial charge in [0, 0.05) is 12.2 Å². The van der Waals surface area contributed by atoms with Crippen LogP contribution >= 0.6 is 12.4 Å². The molecule has 1 aliphatic rings. The van der Waals surface area contributed by atoms with E-state index in [2.05, 4.69) is 16.0 Å². The summed E-state index contributed by atoms with van der Waals surface area (Å²) in [6, 6.07) is 4.39. The van der Waals surface area contributed by atoms with Crippen LogP contribution in [0.1, 0.15) is 18.4 Å². The molecule has 1 fully saturated rings. The molecule has 1 heterocycles. The lowest BCUT2D eigenvalue weighted by Gasteiger charge is -2.22. The molecule has 1 aliphatic heterocycles. The van der Waals surface area contributed by atoms with Gasteiger partial charge in [-0.2, -0.15) is 0 Å². The first-order valence-electron chi connectivity index (χ1n) is 6.67. The number of amides is 2. The second kappa shape index (κ2) is 8.07. The van der Waals surface area contributed by atoms with E-state index >= 15 is 0 Å². The average molecular weight is 302 g/mol. The smallest absolute Gasteiger partial charge is 0.319 e. The van der Waals surface area contributed by atoms with Crippen molar-refractivity contribution < 1.29 is 9.18 Å². The third-order valence-corrected chi connectivity index (χ3v) is 3.38. The number of carbonyl (C=O) groups excluding carboxylic acids is 1. The standard InChI is InChI=1S/C14H20FN3O.ClH/c1-10-4-5-12(7-13(10)15)18-14(19)17-9-11-3-2-6-16-8-11;/h4-5,7,11,16H,2-3,6,8-9H2,1H3,(H2,17,18,19);1H. The van der Waals surface area contributed by atoms with Crippen molar-refractivity contribution in [1.29, 1.82) is 0 Å². The van der Waals surface area contributed by atoms with Gasteiger partial charge < -0.3 is 16.0 Å². The summed E-state index contributed by atoms with van der Waals surface area (Å²) in [5.41, 5.74) is 1.04. The van der Waals surface area contributed by atoms with Crippen LogP contribution in [0.2, 0.25) is 0 Å². The van der Waals surface area contributed by atoms with Gasteiger partial charge in [-0.05, 0) is 56.5 Å². The molecule has 0 aliphatic carbocycles. The van der Waals surface area contributed by atoms with Crippen LogP contribution in [0.3, 0.4) is 0 Å². The van der Waals surface area contributed by atoms with Gasteiger partial charge in [0.25, 0.3) is 0 Å². The fourth-order valence-electron chi connectivity index (χ4n) is 2.18. The molecule has 0 bridgehead atoms. The summed E-state index contributed by atoms with van der Waals surface area (Å²) in [4.78, 5) is 11.7. The van der Waals surface area contributed by atoms with E-state index < -0.39 is 0 Å². The number of nitrogens with one attached hydrogen (secondary N) is 3. The Balaban J connectivity index is 0.00000200. The molecule has 3 N–H and O–H groups in total. The number of rotatable bonds is 3. The topological polar surface area (TPSA) is 53.2 Å². The molecule has 2 amide bonds. The van der Waals surface area contributed by atoms with E-state index in [-0.39, 0.29) is 24.3 Å². The van der Waals surface area contributed by atoms with E-state index in [4.69, 9.17) is 0 Å². The molecule has 6 heteroatoms. The molecule has 112 valence electrons. The number of anilines is 1. The summed E-state index contributed by atoms with van der Waals surface area (Å²) >= 11 is 0. The van der Waals surface area contributed by atoms with Crippen molar-refractivity contribution in [3.63, 3.8) is 0 Å². The normalized spacial score (nSPS) is 18.0. The molecule has 2 rings (SSSR count). The summed E-state index contributed by atoms with van der Waals surface area (Å²) in [7, 11) is 0. The first-order valence-corrected chi connectivity index (χ1v) is 6.67. The molecule has 0 aromatic heterocycles. The van der Waals surface area contributed by atoms with Crippen LogP contribution in [0.25, 0.3) is 0 Å². The maximum Gasteiger partial charge on any atom is 0.319 e. The maximum atomic E-state index is 13.3. The number of aryl methyl sites for hydroxylation is 1. The lowest BCUT2D eigenvalue weighted by Crippen LogP contribution is -2.39. The summed E-state index contributed by atoms with van der Waals surface area (Å²) in [6.45, 7) is 4.34. The predicted molar refractivity (Wildman–Crippen MR) is 81.0 cm³/mol. The van der Waals surface area contributed by atoms with Crippen LogP contribution in [0.4, 0.5) is 14.9 Å². The zero-order valence-corrected chi connectivity index (χ0v) is 12.4. The van der Waals surface area contributed by atoms with E-state index in [1.54, 1.807) is 19.1 Å². The molecular formula is C14H21ClFN3O. The second-order valence-electron chi connectivity index (χ2n) is 5.01. The van der Waals surface area contributed by atoms with Crippen LogP contribution in [0.5, 0.6) is 0 Å². The second-order valence-corrected chi connectivity index (χ2v) is 5.01. The average Bonchev–Trinajstić information content (AvgIpc) is 2.42. The highest BCUT2D eigenvalue weighted by Crippen LogP contribution is 2.13. The molecular weight excluding hydrogens is 281 g/mol. The van der Waals surface area contributed by atoms with Gasteiger partial charge >= 0.3 is 6.03 Å². The van der Waals surface area contributed by atoms with Gasteiger partial charge in [0.1, 0.15) is 5.82 Å². The monoisotopic (exact) mass is 301 g/mol. The van der Waals surface area contributed by atoms with Gasteiger partial charge in [0.2, 0.25) is 0 Å². The van der Waals surface area contributed by atoms with Crippen LogP contribution in [0, 0.1) is 18.7 Å². The molecule has 1 atom stereocenters. The fraction of sp³-hybridized carbons (Fsp3) is 0.500. The molecule has 4 nitrogen and oxygen atoms in total. The Morgan fingerprint density at radius 3 is 2.95 bits per heavy atom. The fourth-order valence-corrected chi connectivity index (χ4v) is 2.18.